The molecule has 1 aliphatic rings. The van der Waals surface area contributed by atoms with E-state index in [0.717, 1.165) is 4.31 Å². The molecule has 0 radical (unpaired) electrons. The molecule has 9 heteroatoms. The number of carboxylic acids is 2. The molecule has 18 heavy (non-hydrogen) atoms. The van der Waals surface area contributed by atoms with Gasteiger partial charge in [-0.15, -0.1) is 0 Å². The number of aliphatic carboxylic acids is 2. The average Bonchev–Trinajstić information content (AvgIpc) is 2.27. The highest BCUT2D eigenvalue weighted by molar-refractivity contribution is 7.87. The van der Waals surface area contributed by atoms with Crippen molar-refractivity contribution in [2.75, 3.05) is 19.6 Å². The van der Waals surface area contributed by atoms with E-state index in [-0.39, 0.29) is 26.1 Å². The van der Waals surface area contributed by atoms with E-state index in [1.54, 1.807) is 6.92 Å². The largest absolute Gasteiger partial charge is 0.481 e. The van der Waals surface area contributed by atoms with E-state index in [0.29, 0.717) is 0 Å². The van der Waals surface area contributed by atoms with E-state index in [1.807, 2.05) is 0 Å². The van der Waals surface area contributed by atoms with Crippen molar-refractivity contribution in [1.82, 2.24) is 9.03 Å². The Labute approximate surface area is 105 Å². The van der Waals surface area contributed by atoms with Gasteiger partial charge in [0.05, 0.1) is 11.8 Å². The van der Waals surface area contributed by atoms with E-state index >= 15 is 0 Å². The lowest BCUT2D eigenvalue weighted by molar-refractivity contribution is -0.156. The predicted molar refractivity (Wildman–Crippen MR) is 61.0 cm³/mol. The van der Waals surface area contributed by atoms with E-state index in [1.165, 1.54) is 0 Å². The summed E-state index contributed by atoms with van der Waals surface area (Å²) < 4.78 is 26.6. The van der Waals surface area contributed by atoms with Crippen LogP contribution in [0.15, 0.2) is 0 Å². The summed E-state index contributed by atoms with van der Waals surface area (Å²) in [6.07, 6.45) is -0.00305. The van der Waals surface area contributed by atoms with Crippen LogP contribution in [-0.2, 0) is 19.8 Å². The fourth-order valence-electron chi connectivity index (χ4n) is 1.96. The minimum absolute atomic E-state index is 0.00305. The molecule has 0 aromatic rings. The third-order valence-corrected chi connectivity index (χ3v) is 4.54. The molecular weight excluding hydrogens is 264 g/mol. The normalized spacial score (nSPS) is 25.8. The van der Waals surface area contributed by atoms with Crippen LogP contribution in [0.3, 0.4) is 0 Å². The van der Waals surface area contributed by atoms with E-state index in [9.17, 15) is 18.0 Å². The number of hydrogen-bond acceptors (Lipinski definition) is 4. The molecule has 1 heterocycles. The Balaban J connectivity index is 2.87. The highest BCUT2D eigenvalue weighted by atomic mass is 32.2. The Morgan fingerprint density at radius 1 is 1.28 bits per heavy atom. The number of carbonyl (C=O) groups is 2. The average molecular weight is 280 g/mol. The van der Waals surface area contributed by atoms with Crippen LogP contribution in [-0.4, -0.2) is 54.5 Å². The van der Waals surface area contributed by atoms with Crippen molar-refractivity contribution < 1.29 is 28.2 Å². The van der Waals surface area contributed by atoms with Crippen molar-refractivity contribution in [2.45, 2.75) is 13.3 Å². The van der Waals surface area contributed by atoms with Crippen molar-refractivity contribution in [3.8, 4) is 0 Å². The Bertz CT molecular complexity index is 434. The number of nitrogens with one attached hydrogen (secondary N) is 1. The zero-order chi connectivity index (χ0) is 13.9. The van der Waals surface area contributed by atoms with Crippen LogP contribution >= 0.6 is 0 Å². The molecule has 0 spiro atoms. The van der Waals surface area contributed by atoms with Gasteiger partial charge in [-0.3, -0.25) is 9.59 Å². The summed E-state index contributed by atoms with van der Waals surface area (Å²) in [6, 6.07) is 0. The third kappa shape index (κ3) is 3.18. The van der Waals surface area contributed by atoms with Gasteiger partial charge in [-0.2, -0.15) is 12.7 Å². The van der Waals surface area contributed by atoms with Gasteiger partial charge in [-0.05, 0) is 6.42 Å². The minimum Gasteiger partial charge on any atom is -0.481 e. The van der Waals surface area contributed by atoms with Gasteiger partial charge >= 0.3 is 11.9 Å². The number of piperidine rings is 1. The molecule has 1 fully saturated rings. The number of carboxylic acid groups (broad SMARTS) is 2. The number of hydrogen-bond donors (Lipinski definition) is 3. The molecule has 3 N–H and O–H groups in total. The molecule has 0 bridgehead atoms. The van der Waals surface area contributed by atoms with Crippen LogP contribution in [0.4, 0.5) is 0 Å². The first kappa shape index (κ1) is 14.9. The fraction of sp³-hybridized carbons (Fsp3) is 0.778. The molecule has 0 aromatic carbocycles. The minimum atomic E-state index is -3.72. The standard InChI is InChI=1S/C9H16N2O6S/c1-2-10-18(16,17)11-4-3-6(8(12)13)7(5-11)9(14)15/h6-7,10H,2-5H2,1H3,(H,12,13)(H,14,15). The number of nitrogens with zero attached hydrogens (tertiary/aromatic N) is 1. The van der Waals surface area contributed by atoms with Crippen LogP contribution < -0.4 is 4.72 Å². The van der Waals surface area contributed by atoms with Crippen LogP contribution in [0.1, 0.15) is 13.3 Å². The topological polar surface area (TPSA) is 124 Å². The summed E-state index contributed by atoms with van der Waals surface area (Å²) in [4.78, 5) is 21.9. The van der Waals surface area contributed by atoms with Gasteiger partial charge in [0.25, 0.3) is 10.2 Å². The summed E-state index contributed by atoms with van der Waals surface area (Å²) in [5.74, 6) is -4.76. The van der Waals surface area contributed by atoms with Crippen molar-refractivity contribution >= 4 is 22.1 Å². The van der Waals surface area contributed by atoms with Crippen LogP contribution in [0.2, 0.25) is 0 Å². The molecule has 2 atom stereocenters. The lowest BCUT2D eigenvalue weighted by atomic mass is 9.86. The van der Waals surface area contributed by atoms with Crippen molar-refractivity contribution in [1.29, 1.82) is 0 Å². The fourth-order valence-corrected chi connectivity index (χ4v) is 3.21. The predicted octanol–water partition coefficient (Wildman–Crippen LogP) is -1.05. The first-order chi connectivity index (χ1) is 8.29. The van der Waals surface area contributed by atoms with Crippen LogP contribution in [0.5, 0.6) is 0 Å². The highest BCUT2D eigenvalue weighted by Gasteiger charge is 2.41. The van der Waals surface area contributed by atoms with Crippen molar-refractivity contribution in [3.05, 3.63) is 0 Å². The maximum atomic E-state index is 11.7. The molecule has 104 valence electrons. The zero-order valence-corrected chi connectivity index (χ0v) is 10.7. The molecule has 2 unspecified atom stereocenters. The van der Waals surface area contributed by atoms with Gasteiger partial charge in [0.2, 0.25) is 0 Å². The second-order valence-electron chi connectivity index (χ2n) is 4.04. The molecule has 1 rings (SSSR count). The third-order valence-electron chi connectivity index (χ3n) is 2.88. The molecule has 0 amide bonds. The summed E-state index contributed by atoms with van der Waals surface area (Å²) in [5.41, 5.74) is 0. The van der Waals surface area contributed by atoms with Gasteiger partial charge in [0, 0.05) is 19.6 Å². The number of rotatable bonds is 5. The van der Waals surface area contributed by atoms with Crippen LogP contribution in [0.25, 0.3) is 0 Å². The zero-order valence-electron chi connectivity index (χ0n) is 9.87. The quantitative estimate of drug-likeness (QED) is 0.590. The smallest absolute Gasteiger partial charge is 0.308 e. The molecule has 1 saturated heterocycles. The molecular formula is C9H16N2O6S. The molecule has 0 saturated carbocycles. The van der Waals surface area contributed by atoms with Crippen molar-refractivity contribution in [2.24, 2.45) is 11.8 Å². The molecule has 0 aliphatic carbocycles. The molecule has 8 nitrogen and oxygen atoms in total. The Hall–Kier alpha value is -1.19. The van der Waals surface area contributed by atoms with Gasteiger partial charge in [0.15, 0.2) is 0 Å². The van der Waals surface area contributed by atoms with Crippen molar-refractivity contribution in [3.63, 3.8) is 0 Å². The lowest BCUT2D eigenvalue weighted by Gasteiger charge is -2.33. The van der Waals surface area contributed by atoms with Crippen LogP contribution in [0, 0.1) is 11.8 Å². The monoisotopic (exact) mass is 280 g/mol. The second kappa shape index (κ2) is 5.63. The Morgan fingerprint density at radius 2 is 1.83 bits per heavy atom. The summed E-state index contributed by atoms with van der Waals surface area (Å²) in [7, 11) is -3.72. The van der Waals surface area contributed by atoms with Gasteiger partial charge in [0.1, 0.15) is 0 Å². The Morgan fingerprint density at radius 3 is 2.28 bits per heavy atom. The maximum Gasteiger partial charge on any atom is 0.308 e. The van der Waals surface area contributed by atoms with Gasteiger partial charge in [-0.1, -0.05) is 6.92 Å². The first-order valence-electron chi connectivity index (χ1n) is 5.50. The van der Waals surface area contributed by atoms with E-state index in [2.05, 4.69) is 4.72 Å². The molecule has 0 aromatic heterocycles. The Kier molecular flexibility index (Phi) is 4.65. The van der Waals surface area contributed by atoms with E-state index in [4.69, 9.17) is 10.2 Å². The molecule has 1 aliphatic heterocycles. The van der Waals surface area contributed by atoms with Gasteiger partial charge in [-0.25, -0.2) is 4.72 Å². The highest BCUT2D eigenvalue weighted by Crippen LogP contribution is 2.25. The second-order valence-corrected chi connectivity index (χ2v) is 5.79. The first-order valence-corrected chi connectivity index (χ1v) is 6.94. The summed E-state index contributed by atoms with van der Waals surface area (Å²) >= 11 is 0. The summed E-state index contributed by atoms with van der Waals surface area (Å²) in [6.45, 7) is 1.49. The maximum absolute atomic E-state index is 11.7. The lowest BCUT2D eigenvalue weighted by Crippen LogP contribution is -2.51. The van der Waals surface area contributed by atoms with Gasteiger partial charge < -0.3 is 10.2 Å². The van der Waals surface area contributed by atoms with E-state index < -0.39 is 34.0 Å². The SMILES string of the molecule is CCNS(=O)(=O)N1CCC(C(=O)O)C(C(=O)O)C1. The summed E-state index contributed by atoms with van der Waals surface area (Å²) in [5, 5.41) is 17.9.